The van der Waals surface area contributed by atoms with E-state index in [-0.39, 0.29) is 18.3 Å². The number of carbonyl (C=O) groups excluding carboxylic acids is 1. The van der Waals surface area contributed by atoms with Gasteiger partial charge in [0.1, 0.15) is 5.52 Å². The van der Waals surface area contributed by atoms with Gasteiger partial charge in [0, 0.05) is 6.42 Å². The Morgan fingerprint density at radius 3 is 2.86 bits per heavy atom. The third-order valence-corrected chi connectivity index (χ3v) is 4.21. The molecule has 1 aromatic heterocycles. The topological polar surface area (TPSA) is 74.1 Å². The SMILES string of the molecule is O=C(CCC1CCCC1)OCn1nnc2ccccc2c1=O. The number of benzene rings is 1. The summed E-state index contributed by atoms with van der Waals surface area (Å²) in [4.78, 5) is 23.9. The second kappa shape index (κ2) is 6.68. The molecular weight excluding hydrogens is 282 g/mol. The summed E-state index contributed by atoms with van der Waals surface area (Å²) in [6.07, 6.45) is 6.23. The number of aromatic nitrogens is 3. The molecule has 6 nitrogen and oxygen atoms in total. The van der Waals surface area contributed by atoms with Gasteiger partial charge in [-0.15, -0.1) is 5.10 Å². The largest absolute Gasteiger partial charge is 0.442 e. The molecule has 0 aliphatic heterocycles. The molecule has 1 heterocycles. The molecule has 22 heavy (non-hydrogen) atoms. The van der Waals surface area contributed by atoms with Gasteiger partial charge >= 0.3 is 5.97 Å². The van der Waals surface area contributed by atoms with E-state index < -0.39 is 0 Å². The Morgan fingerprint density at radius 1 is 1.27 bits per heavy atom. The number of nitrogens with zero attached hydrogens (tertiary/aromatic N) is 3. The molecule has 0 bridgehead atoms. The number of hydrogen-bond acceptors (Lipinski definition) is 5. The van der Waals surface area contributed by atoms with Crippen LogP contribution in [0.4, 0.5) is 0 Å². The molecule has 1 saturated carbocycles. The summed E-state index contributed by atoms with van der Waals surface area (Å²) in [5, 5.41) is 8.22. The third-order valence-electron chi connectivity index (χ3n) is 4.21. The number of hydrogen-bond donors (Lipinski definition) is 0. The van der Waals surface area contributed by atoms with Crippen molar-refractivity contribution in [3.63, 3.8) is 0 Å². The minimum atomic E-state index is -0.297. The van der Waals surface area contributed by atoms with E-state index >= 15 is 0 Å². The minimum absolute atomic E-state index is 0.180. The molecule has 1 aliphatic rings. The van der Waals surface area contributed by atoms with Crippen LogP contribution in [-0.4, -0.2) is 21.0 Å². The first-order valence-corrected chi connectivity index (χ1v) is 7.72. The van der Waals surface area contributed by atoms with Gasteiger partial charge in [-0.2, -0.15) is 4.68 Å². The predicted octanol–water partition coefficient (Wildman–Crippen LogP) is 2.26. The van der Waals surface area contributed by atoms with Gasteiger partial charge < -0.3 is 4.74 Å². The van der Waals surface area contributed by atoms with E-state index in [2.05, 4.69) is 10.3 Å². The fraction of sp³-hybridized carbons (Fsp3) is 0.500. The maximum Gasteiger partial charge on any atom is 0.307 e. The second-order valence-electron chi connectivity index (χ2n) is 5.75. The molecule has 0 radical (unpaired) electrons. The van der Waals surface area contributed by atoms with E-state index in [0.29, 0.717) is 23.2 Å². The normalized spacial score (nSPS) is 15.3. The molecule has 0 spiro atoms. The molecule has 1 aromatic carbocycles. The van der Waals surface area contributed by atoms with Crippen molar-refractivity contribution in [2.24, 2.45) is 5.92 Å². The molecule has 116 valence electrons. The van der Waals surface area contributed by atoms with Crippen molar-refractivity contribution >= 4 is 16.9 Å². The molecule has 1 aliphatic carbocycles. The minimum Gasteiger partial charge on any atom is -0.442 e. The van der Waals surface area contributed by atoms with Crippen LogP contribution < -0.4 is 5.56 Å². The quantitative estimate of drug-likeness (QED) is 0.792. The zero-order valence-electron chi connectivity index (χ0n) is 12.4. The monoisotopic (exact) mass is 301 g/mol. The highest BCUT2D eigenvalue weighted by atomic mass is 16.5. The molecule has 0 unspecified atom stereocenters. The average molecular weight is 301 g/mol. The lowest BCUT2D eigenvalue weighted by Gasteiger charge is -2.09. The van der Waals surface area contributed by atoms with E-state index in [1.807, 2.05) is 0 Å². The van der Waals surface area contributed by atoms with Gasteiger partial charge in [-0.25, -0.2) is 0 Å². The van der Waals surface area contributed by atoms with Crippen molar-refractivity contribution in [1.82, 2.24) is 15.0 Å². The van der Waals surface area contributed by atoms with E-state index in [1.165, 1.54) is 25.7 Å². The first-order valence-electron chi connectivity index (χ1n) is 7.72. The number of ether oxygens (including phenoxy) is 1. The zero-order valence-corrected chi connectivity index (χ0v) is 12.4. The van der Waals surface area contributed by atoms with Crippen molar-refractivity contribution in [2.45, 2.75) is 45.3 Å². The number of carbonyl (C=O) groups is 1. The molecule has 0 atom stereocenters. The van der Waals surface area contributed by atoms with Gasteiger partial charge in [0.25, 0.3) is 5.56 Å². The van der Waals surface area contributed by atoms with Crippen molar-refractivity contribution in [1.29, 1.82) is 0 Å². The van der Waals surface area contributed by atoms with Crippen molar-refractivity contribution < 1.29 is 9.53 Å². The molecule has 3 rings (SSSR count). The van der Waals surface area contributed by atoms with Crippen LogP contribution in [0.3, 0.4) is 0 Å². The van der Waals surface area contributed by atoms with Crippen LogP contribution in [0.5, 0.6) is 0 Å². The molecule has 0 saturated heterocycles. The third kappa shape index (κ3) is 3.32. The average Bonchev–Trinajstić information content (AvgIpc) is 3.06. The molecule has 2 aromatic rings. The smallest absolute Gasteiger partial charge is 0.307 e. The highest BCUT2D eigenvalue weighted by molar-refractivity contribution is 5.76. The fourth-order valence-electron chi connectivity index (χ4n) is 2.93. The number of rotatable bonds is 5. The maximum atomic E-state index is 12.2. The summed E-state index contributed by atoms with van der Waals surface area (Å²) in [6.45, 7) is -0.180. The Bertz CT molecular complexity index is 720. The maximum absolute atomic E-state index is 12.2. The first-order chi connectivity index (χ1) is 10.7. The molecule has 6 heteroatoms. The molecular formula is C16H19N3O3. The van der Waals surface area contributed by atoms with E-state index in [9.17, 15) is 9.59 Å². The molecule has 0 amide bonds. The fourth-order valence-corrected chi connectivity index (χ4v) is 2.93. The van der Waals surface area contributed by atoms with Crippen LogP contribution in [0.25, 0.3) is 10.9 Å². The summed E-state index contributed by atoms with van der Waals surface area (Å²) >= 11 is 0. The molecule has 1 fully saturated rings. The van der Waals surface area contributed by atoms with Crippen molar-refractivity contribution in [3.8, 4) is 0 Å². The van der Waals surface area contributed by atoms with Crippen molar-refractivity contribution in [3.05, 3.63) is 34.6 Å². The van der Waals surface area contributed by atoms with Crippen LogP contribution in [0.1, 0.15) is 38.5 Å². The van der Waals surface area contributed by atoms with Gasteiger partial charge in [-0.1, -0.05) is 43.0 Å². The van der Waals surface area contributed by atoms with Gasteiger partial charge in [0.2, 0.25) is 0 Å². The first kappa shape index (κ1) is 14.7. The number of esters is 1. The molecule has 0 N–H and O–H groups in total. The van der Waals surface area contributed by atoms with Gasteiger partial charge in [0.15, 0.2) is 6.73 Å². The van der Waals surface area contributed by atoms with Crippen molar-refractivity contribution in [2.75, 3.05) is 0 Å². The second-order valence-corrected chi connectivity index (χ2v) is 5.75. The summed E-state index contributed by atoms with van der Waals surface area (Å²) in [5.74, 6) is 0.365. The van der Waals surface area contributed by atoms with Gasteiger partial charge in [-0.3, -0.25) is 9.59 Å². The number of fused-ring (bicyclic) bond motifs is 1. The Labute approximate surface area is 128 Å². The lowest BCUT2D eigenvalue weighted by molar-refractivity contribution is -0.148. The standard InChI is InChI=1S/C16H19N3O3/c20-15(10-9-12-5-1-2-6-12)22-11-19-16(21)13-7-3-4-8-14(13)17-18-19/h3-4,7-8,12H,1-2,5-6,9-11H2. The summed E-state index contributed by atoms with van der Waals surface area (Å²) in [6, 6.07) is 6.97. The van der Waals surface area contributed by atoms with E-state index in [0.717, 1.165) is 11.1 Å². The van der Waals surface area contributed by atoms with E-state index in [1.54, 1.807) is 24.3 Å². The van der Waals surface area contributed by atoms with Crippen LogP contribution in [0.2, 0.25) is 0 Å². The Morgan fingerprint density at radius 2 is 2.05 bits per heavy atom. The lowest BCUT2D eigenvalue weighted by atomic mass is 10.0. The highest BCUT2D eigenvalue weighted by Crippen LogP contribution is 2.28. The Hall–Kier alpha value is -2.24. The summed E-state index contributed by atoms with van der Waals surface area (Å²) < 4.78 is 6.22. The van der Waals surface area contributed by atoms with Crippen LogP contribution in [0.15, 0.2) is 29.1 Å². The van der Waals surface area contributed by atoms with Crippen LogP contribution in [0, 0.1) is 5.92 Å². The Kier molecular flexibility index (Phi) is 4.46. The predicted molar refractivity (Wildman–Crippen MR) is 81.1 cm³/mol. The lowest BCUT2D eigenvalue weighted by Crippen LogP contribution is -2.26. The van der Waals surface area contributed by atoms with Gasteiger partial charge in [-0.05, 0) is 24.5 Å². The van der Waals surface area contributed by atoms with Crippen LogP contribution in [-0.2, 0) is 16.3 Å². The zero-order chi connectivity index (χ0) is 15.4. The van der Waals surface area contributed by atoms with E-state index in [4.69, 9.17) is 4.74 Å². The van der Waals surface area contributed by atoms with Gasteiger partial charge in [0.05, 0.1) is 5.39 Å². The van der Waals surface area contributed by atoms with Crippen LogP contribution >= 0.6 is 0 Å². The summed E-state index contributed by atoms with van der Waals surface area (Å²) in [7, 11) is 0. The highest BCUT2D eigenvalue weighted by Gasteiger charge is 2.16. The Balaban J connectivity index is 1.58. The summed E-state index contributed by atoms with van der Waals surface area (Å²) in [5.41, 5.74) is 0.241.